The van der Waals surface area contributed by atoms with Crippen LogP contribution in [0.15, 0.2) is 0 Å². The molecule has 0 nitrogen and oxygen atoms in total. The summed E-state index contributed by atoms with van der Waals surface area (Å²) >= 11 is 0. The van der Waals surface area contributed by atoms with Gasteiger partial charge in [0.05, 0.1) is 0 Å². The maximum Gasteiger partial charge on any atom is 4.00 e. The Morgan fingerprint density at radius 2 is 0.600 bits per heavy atom. The molecule has 5 heavy (non-hydrogen) atoms. The zero-order valence-corrected chi connectivity index (χ0v) is 6.71. The summed E-state index contributed by atoms with van der Waals surface area (Å²) in [7, 11) is 0. The molecule has 0 bridgehead atoms. The van der Waals surface area contributed by atoms with E-state index in [1.165, 1.54) is 0 Å². The minimum absolute atomic E-state index is 0. The van der Waals surface area contributed by atoms with Gasteiger partial charge in [-0.2, -0.15) is 0 Å². The predicted molar refractivity (Wildman–Crippen MR) is 0 cm³/mol. The summed E-state index contributed by atoms with van der Waals surface area (Å²) in [6.07, 6.45) is 0. The van der Waals surface area contributed by atoms with Crippen LogP contribution in [0.2, 0.25) is 0 Å². The van der Waals surface area contributed by atoms with Crippen molar-refractivity contribution < 1.29 is 76.0 Å². The van der Waals surface area contributed by atoms with Crippen molar-refractivity contribution in [2.75, 3.05) is 0 Å². The van der Waals surface area contributed by atoms with Gasteiger partial charge in [0.2, 0.25) is 0 Å². The summed E-state index contributed by atoms with van der Waals surface area (Å²) in [5, 5.41) is 0. The van der Waals surface area contributed by atoms with Gasteiger partial charge in [-0.3, -0.25) is 0 Å². The van der Waals surface area contributed by atoms with Gasteiger partial charge in [0, 0.05) is 0 Å². The fourth-order valence-electron chi connectivity index (χ4n) is 0. The van der Waals surface area contributed by atoms with E-state index < -0.39 is 0 Å². The van der Waals surface area contributed by atoms with Crippen LogP contribution < -0.4 is 37.2 Å². The Morgan fingerprint density at radius 3 is 0.600 bits per heavy atom. The molecule has 0 aromatic rings. The molecular weight excluding hydrogens is 218 g/mol. The third-order valence-corrected chi connectivity index (χ3v) is 0. The Kier molecular flexibility index (Phi) is 430. The van der Waals surface area contributed by atoms with Crippen LogP contribution in [0.5, 0.6) is 0 Å². The summed E-state index contributed by atoms with van der Waals surface area (Å²) in [6.45, 7) is 0. The molecular formula is Cl3CuTi+3. The van der Waals surface area contributed by atoms with Crippen molar-refractivity contribution in [3.8, 4) is 0 Å². The standard InChI is InChI=1S/3ClH.Cu.Ti/h3*1H;;/q;;;+2;+4/p-3. The van der Waals surface area contributed by atoms with E-state index in [1.54, 1.807) is 0 Å². The van der Waals surface area contributed by atoms with Crippen LogP contribution in [-0.2, 0) is 38.8 Å². The third-order valence-electron chi connectivity index (χ3n) is 0. The molecule has 0 aromatic carbocycles. The monoisotopic (exact) mass is 216 g/mol. The van der Waals surface area contributed by atoms with Crippen molar-refractivity contribution in [3.63, 3.8) is 0 Å². The molecule has 0 fully saturated rings. The first kappa shape index (κ1) is 59.8. The molecule has 0 unspecified atom stereocenters. The first-order chi connectivity index (χ1) is 0. The normalized spacial score (nSPS) is 0. The summed E-state index contributed by atoms with van der Waals surface area (Å²) in [5.74, 6) is 0. The van der Waals surface area contributed by atoms with E-state index in [1.807, 2.05) is 0 Å². The average molecular weight is 218 g/mol. The number of hydrogen-bond donors (Lipinski definition) is 0. The summed E-state index contributed by atoms with van der Waals surface area (Å²) in [5.41, 5.74) is 0. The Bertz CT molecular complexity index is 6.85. The van der Waals surface area contributed by atoms with Gasteiger partial charge in [-0.05, 0) is 0 Å². The molecule has 0 aliphatic rings. The molecule has 0 saturated carbocycles. The van der Waals surface area contributed by atoms with Crippen molar-refractivity contribution in [1.29, 1.82) is 0 Å². The molecule has 0 rings (SSSR count). The second-order valence-electron chi connectivity index (χ2n) is 0. The van der Waals surface area contributed by atoms with E-state index in [2.05, 4.69) is 0 Å². The van der Waals surface area contributed by atoms with E-state index in [0.717, 1.165) is 0 Å². The van der Waals surface area contributed by atoms with Crippen LogP contribution in [0.1, 0.15) is 0 Å². The van der Waals surface area contributed by atoms with Gasteiger partial charge in [0.15, 0.2) is 0 Å². The topological polar surface area (TPSA) is 0 Å². The predicted octanol–water partition coefficient (Wildman–Crippen LogP) is -8.99. The minimum atomic E-state index is 0. The molecule has 0 atom stereocenters. The Morgan fingerprint density at radius 1 is 0.600 bits per heavy atom. The average Bonchev–Trinajstić information content (AvgIpc) is 0. The van der Waals surface area contributed by atoms with E-state index in [-0.39, 0.29) is 76.0 Å². The Balaban J connectivity index is 0. The fraction of sp³-hybridized carbons (Fsp3) is 0. The number of hydrogen-bond acceptors (Lipinski definition) is 0. The van der Waals surface area contributed by atoms with Crippen LogP contribution in [0.25, 0.3) is 0 Å². The van der Waals surface area contributed by atoms with Crippen LogP contribution in [0, 0.1) is 0 Å². The van der Waals surface area contributed by atoms with Crippen LogP contribution in [0.4, 0.5) is 0 Å². The minimum Gasteiger partial charge on any atom is -1.00 e. The first-order valence-electron chi connectivity index (χ1n) is 0. The van der Waals surface area contributed by atoms with Crippen molar-refractivity contribution >= 4 is 0 Å². The molecule has 33 valence electrons. The smallest absolute Gasteiger partial charge is 1.00 e. The molecule has 0 saturated heterocycles. The summed E-state index contributed by atoms with van der Waals surface area (Å²) in [4.78, 5) is 0. The summed E-state index contributed by atoms with van der Waals surface area (Å²) in [6, 6.07) is 0. The molecule has 0 aromatic heterocycles. The zero-order valence-electron chi connectivity index (χ0n) is 1.94. The first-order valence-corrected chi connectivity index (χ1v) is 0. The van der Waals surface area contributed by atoms with Gasteiger partial charge < -0.3 is 37.2 Å². The van der Waals surface area contributed by atoms with Gasteiger partial charge in [-0.15, -0.1) is 0 Å². The summed E-state index contributed by atoms with van der Waals surface area (Å²) < 4.78 is 0. The fourth-order valence-corrected chi connectivity index (χ4v) is 0. The second kappa shape index (κ2) is 35.9. The maximum absolute atomic E-state index is 0. The van der Waals surface area contributed by atoms with Gasteiger partial charge in [0.1, 0.15) is 0 Å². The molecule has 0 aliphatic carbocycles. The van der Waals surface area contributed by atoms with Crippen LogP contribution >= 0.6 is 0 Å². The maximum atomic E-state index is 0. The third kappa shape index (κ3) is 23.2. The SMILES string of the molecule is [Cl-].[Cl-].[Cl-].[Cu+2].[Ti+4]. The van der Waals surface area contributed by atoms with E-state index in [0.29, 0.717) is 0 Å². The molecule has 5 heteroatoms. The quantitative estimate of drug-likeness (QED) is 0.354. The van der Waals surface area contributed by atoms with Gasteiger partial charge in [-0.1, -0.05) is 0 Å². The van der Waals surface area contributed by atoms with Gasteiger partial charge in [0.25, 0.3) is 0 Å². The Labute approximate surface area is 75.4 Å². The van der Waals surface area contributed by atoms with Crippen molar-refractivity contribution in [2.24, 2.45) is 0 Å². The zero-order chi connectivity index (χ0) is 0. The van der Waals surface area contributed by atoms with Crippen molar-refractivity contribution in [1.82, 2.24) is 0 Å². The van der Waals surface area contributed by atoms with E-state index >= 15 is 0 Å². The van der Waals surface area contributed by atoms with Crippen molar-refractivity contribution in [3.05, 3.63) is 0 Å². The second-order valence-corrected chi connectivity index (χ2v) is 0. The largest absolute Gasteiger partial charge is 4.00 e. The van der Waals surface area contributed by atoms with E-state index in [4.69, 9.17) is 0 Å². The van der Waals surface area contributed by atoms with Gasteiger partial charge in [-0.25, -0.2) is 0 Å². The van der Waals surface area contributed by atoms with Crippen molar-refractivity contribution in [2.45, 2.75) is 0 Å². The van der Waals surface area contributed by atoms with Crippen LogP contribution in [0.3, 0.4) is 0 Å². The van der Waals surface area contributed by atoms with E-state index in [9.17, 15) is 0 Å². The molecule has 0 heterocycles. The molecule has 0 spiro atoms. The molecule has 1 radical (unpaired) electrons. The molecule has 0 N–H and O–H groups in total. The molecule has 0 aliphatic heterocycles. The van der Waals surface area contributed by atoms with Gasteiger partial charge >= 0.3 is 38.8 Å². The number of rotatable bonds is 0. The molecule has 0 amide bonds. The number of halogens is 3. The Hall–Kier alpha value is 2.10. The van der Waals surface area contributed by atoms with Crippen LogP contribution in [-0.4, -0.2) is 0 Å².